The van der Waals surface area contributed by atoms with Gasteiger partial charge in [-0.1, -0.05) is 29.8 Å². The average molecular weight is 434 g/mol. The Morgan fingerprint density at radius 1 is 0.867 bits per heavy atom. The zero-order valence-corrected chi connectivity index (χ0v) is 17.8. The van der Waals surface area contributed by atoms with E-state index in [9.17, 15) is 9.90 Å². The van der Waals surface area contributed by atoms with E-state index < -0.39 is 5.63 Å². The van der Waals surface area contributed by atoms with Crippen LogP contribution in [0.15, 0.2) is 39.7 Å². The van der Waals surface area contributed by atoms with Crippen LogP contribution < -0.4 is 5.63 Å². The van der Waals surface area contributed by atoms with Gasteiger partial charge in [0.15, 0.2) is 0 Å². The zero-order chi connectivity index (χ0) is 20.9. The summed E-state index contributed by atoms with van der Waals surface area (Å²) in [6.07, 6.45) is 1.39. The second-order valence-electron chi connectivity index (χ2n) is 7.91. The van der Waals surface area contributed by atoms with Gasteiger partial charge in [0, 0.05) is 69.5 Å². The first kappa shape index (κ1) is 21.3. The van der Waals surface area contributed by atoms with Gasteiger partial charge in [-0.25, -0.2) is 4.79 Å². The molecule has 7 nitrogen and oxygen atoms in total. The molecule has 0 atom stereocenters. The highest BCUT2D eigenvalue weighted by Gasteiger charge is 2.23. The van der Waals surface area contributed by atoms with Crippen LogP contribution in [0.25, 0.3) is 0 Å². The number of benzene rings is 1. The minimum absolute atomic E-state index is 0.0660. The second kappa shape index (κ2) is 9.94. The molecule has 2 aromatic rings. The van der Waals surface area contributed by atoms with E-state index in [-0.39, 0.29) is 5.75 Å². The number of aromatic hydroxyl groups is 1. The zero-order valence-electron chi connectivity index (χ0n) is 17.1. The van der Waals surface area contributed by atoms with Crippen LogP contribution in [0.1, 0.15) is 16.7 Å². The van der Waals surface area contributed by atoms with Crippen molar-refractivity contribution in [1.29, 1.82) is 0 Å². The molecular weight excluding hydrogens is 406 g/mol. The third kappa shape index (κ3) is 5.22. The van der Waals surface area contributed by atoms with Crippen molar-refractivity contribution < 1.29 is 14.3 Å². The lowest BCUT2D eigenvalue weighted by Gasteiger charge is -2.34. The van der Waals surface area contributed by atoms with Crippen molar-refractivity contribution in [3.63, 3.8) is 0 Å². The van der Waals surface area contributed by atoms with Crippen LogP contribution in [0.3, 0.4) is 0 Å². The lowest BCUT2D eigenvalue weighted by atomic mass is 10.1. The summed E-state index contributed by atoms with van der Waals surface area (Å²) in [4.78, 5) is 19.0. The van der Waals surface area contributed by atoms with E-state index in [0.717, 1.165) is 56.4 Å². The Morgan fingerprint density at radius 2 is 1.47 bits per heavy atom. The molecule has 8 heteroatoms. The number of nitrogens with zero attached hydrogens (tertiary/aromatic N) is 3. The molecular formula is C22H28ClN3O4. The molecule has 2 aliphatic rings. The Kier molecular flexibility index (Phi) is 7.07. The quantitative estimate of drug-likeness (QED) is 0.748. The first-order valence-corrected chi connectivity index (χ1v) is 10.8. The molecule has 3 heterocycles. The van der Waals surface area contributed by atoms with Crippen molar-refractivity contribution in [2.75, 3.05) is 52.5 Å². The molecule has 0 spiro atoms. The second-order valence-corrected chi connectivity index (χ2v) is 8.31. The van der Waals surface area contributed by atoms with Crippen LogP contribution in [0.5, 0.6) is 5.75 Å². The van der Waals surface area contributed by atoms with E-state index >= 15 is 0 Å². The number of hydrogen-bond donors (Lipinski definition) is 1. The van der Waals surface area contributed by atoms with E-state index in [0.29, 0.717) is 37.4 Å². The Labute approximate surface area is 181 Å². The highest BCUT2D eigenvalue weighted by molar-refractivity contribution is 6.31. The molecule has 30 heavy (non-hydrogen) atoms. The van der Waals surface area contributed by atoms with E-state index in [1.807, 2.05) is 18.2 Å². The van der Waals surface area contributed by atoms with E-state index in [2.05, 4.69) is 20.8 Å². The van der Waals surface area contributed by atoms with Crippen molar-refractivity contribution in [1.82, 2.24) is 14.7 Å². The molecule has 1 aromatic heterocycles. The Morgan fingerprint density at radius 3 is 2.17 bits per heavy atom. The third-order valence-corrected chi connectivity index (χ3v) is 6.21. The summed E-state index contributed by atoms with van der Waals surface area (Å²) >= 11 is 6.28. The molecule has 1 N–H and O–H groups in total. The van der Waals surface area contributed by atoms with Crippen LogP contribution in [0.4, 0.5) is 0 Å². The minimum atomic E-state index is -0.461. The first-order chi connectivity index (χ1) is 14.6. The van der Waals surface area contributed by atoms with Crippen molar-refractivity contribution in [3.8, 4) is 5.75 Å². The number of morpholine rings is 1. The molecule has 0 aliphatic carbocycles. The normalized spacial score (nSPS) is 19.2. The van der Waals surface area contributed by atoms with Crippen molar-refractivity contribution in [2.45, 2.75) is 19.6 Å². The number of halogens is 1. The van der Waals surface area contributed by atoms with Crippen molar-refractivity contribution in [3.05, 3.63) is 62.7 Å². The number of ether oxygens (including phenoxy) is 1. The van der Waals surface area contributed by atoms with Crippen LogP contribution in [-0.4, -0.2) is 72.3 Å². The molecule has 0 bridgehead atoms. The molecule has 0 amide bonds. The maximum atomic E-state index is 12.3. The predicted molar refractivity (Wildman–Crippen MR) is 115 cm³/mol. The third-order valence-electron chi connectivity index (χ3n) is 5.84. The fourth-order valence-electron chi connectivity index (χ4n) is 3.99. The van der Waals surface area contributed by atoms with Gasteiger partial charge in [-0.05, 0) is 11.6 Å². The van der Waals surface area contributed by atoms with Crippen LogP contribution in [0.2, 0.25) is 5.02 Å². The average Bonchev–Trinajstić information content (AvgIpc) is 2.77. The van der Waals surface area contributed by atoms with Gasteiger partial charge in [0.05, 0.1) is 18.8 Å². The van der Waals surface area contributed by atoms with E-state index in [1.165, 1.54) is 6.26 Å². The minimum Gasteiger partial charge on any atom is -0.507 e. The molecule has 0 radical (unpaired) electrons. The van der Waals surface area contributed by atoms with Gasteiger partial charge >= 0.3 is 5.63 Å². The van der Waals surface area contributed by atoms with Gasteiger partial charge in [0.25, 0.3) is 0 Å². The predicted octanol–water partition coefficient (Wildman–Crippen LogP) is 2.15. The maximum absolute atomic E-state index is 12.3. The maximum Gasteiger partial charge on any atom is 0.343 e. The summed E-state index contributed by atoms with van der Waals surface area (Å²) in [5, 5.41) is 11.5. The monoisotopic (exact) mass is 433 g/mol. The molecule has 4 rings (SSSR count). The molecule has 0 unspecified atom stereocenters. The fourth-order valence-corrected chi connectivity index (χ4v) is 4.19. The summed E-state index contributed by atoms with van der Waals surface area (Å²) in [6.45, 7) is 8.14. The fraction of sp³-hybridized carbons (Fsp3) is 0.500. The molecule has 162 valence electrons. The molecule has 1 aromatic carbocycles. The first-order valence-electron chi connectivity index (χ1n) is 10.4. The van der Waals surface area contributed by atoms with Gasteiger partial charge in [0.2, 0.25) is 0 Å². The summed E-state index contributed by atoms with van der Waals surface area (Å²) < 4.78 is 10.6. The summed E-state index contributed by atoms with van der Waals surface area (Å²) in [5.74, 6) is 0.0660. The van der Waals surface area contributed by atoms with Gasteiger partial charge in [-0.3, -0.25) is 14.7 Å². The largest absolute Gasteiger partial charge is 0.507 e. The van der Waals surface area contributed by atoms with Gasteiger partial charge in [-0.15, -0.1) is 0 Å². The molecule has 2 saturated heterocycles. The molecule has 2 aliphatic heterocycles. The Bertz CT molecular complexity index is 905. The van der Waals surface area contributed by atoms with Gasteiger partial charge in [-0.2, -0.15) is 0 Å². The highest BCUT2D eigenvalue weighted by Crippen LogP contribution is 2.24. The number of rotatable bonds is 6. The standard InChI is InChI=1S/C22H28ClN3O4/c23-20-4-2-1-3-17(20)13-24-5-7-25(8-6-24)15-19-21(27)18(16-30-22(19)28)14-26-9-11-29-12-10-26/h1-4,16,27H,5-15H2. The number of piperazine rings is 1. The van der Waals surface area contributed by atoms with Crippen molar-refractivity contribution in [2.24, 2.45) is 0 Å². The van der Waals surface area contributed by atoms with Crippen LogP contribution in [-0.2, 0) is 24.4 Å². The highest BCUT2D eigenvalue weighted by atomic mass is 35.5. The molecule has 0 saturated carbocycles. The van der Waals surface area contributed by atoms with Gasteiger partial charge < -0.3 is 14.3 Å². The SMILES string of the molecule is O=c1occ(CN2CCOCC2)c(O)c1CN1CCN(Cc2ccccc2Cl)CC1. The van der Waals surface area contributed by atoms with E-state index in [1.54, 1.807) is 0 Å². The van der Waals surface area contributed by atoms with Gasteiger partial charge in [0.1, 0.15) is 12.0 Å². The Hall–Kier alpha value is -1.90. The van der Waals surface area contributed by atoms with Crippen LogP contribution in [0, 0.1) is 0 Å². The number of hydrogen-bond acceptors (Lipinski definition) is 7. The smallest absolute Gasteiger partial charge is 0.343 e. The Balaban J connectivity index is 1.36. The van der Waals surface area contributed by atoms with E-state index in [4.69, 9.17) is 20.8 Å². The molecule has 2 fully saturated rings. The topological polar surface area (TPSA) is 69.4 Å². The lowest BCUT2D eigenvalue weighted by Crippen LogP contribution is -2.45. The lowest BCUT2D eigenvalue weighted by molar-refractivity contribution is 0.0335. The van der Waals surface area contributed by atoms with Crippen LogP contribution >= 0.6 is 11.6 Å². The summed E-state index contributed by atoms with van der Waals surface area (Å²) in [7, 11) is 0. The van der Waals surface area contributed by atoms with Crippen molar-refractivity contribution >= 4 is 11.6 Å². The summed E-state index contributed by atoms with van der Waals surface area (Å²) in [6, 6.07) is 7.91. The summed E-state index contributed by atoms with van der Waals surface area (Å²) in [5.41, 5.74) is 1.67.